The zero-order valence-electron chi connectivity index (χ0n) is 24.6. The smallest absolute Gasteiger partial charge is 0.250 e. The molecule has 2 aromatic carbocycles. The van der Waals surface area contributed by atoms with Gasteiger partial charge in [0.2, 0.25) is 11.8 Å². The second kappa shape index (κ2) is 13.6. The van der Waals surface area contributed by atoms with E-state index in [1.807, 2.05) is 54.6 Å². The number of rotatable bonds is 10. The van der Waals surface area contributed by atoms with Crippen LogP contribution in [0.25, 0.3) is 0 Å². The second-order valence-electron chi connectivity index (χ2n) is 11.7. The van der Waals surface area contributed by atoms with Crippen molar-refractivity contribution in [3.05, 3.63) is 108 Å². The number of likely N-dealkylation sites (tertiary alicyclic amines) is 1. The molecule has 0 radical (unpaired) electrons. The van der Waals surface area contributed by atoms with E-state index in [4.69, 9.17) is 0 Å². The molecule has 8 heteroatoms. The van der Waals surface area contributed by atoms with Crippen LogP contribution < -0.4 is 10.2 Å². The summed E-state index contributed by atoms with van der Waals surface area (Å²) in [6, 6.07) is 18.3. The van der Waals surface area contributed by atoms with Crippen LogP contribution in [0.4, 0.5) is 5.69 Å². The molecule has 1 aliphatic heterocycles. The number of nitrogens with zero attached hydrogens (tertiary/aromatic N) is 3. The molecule has 42 heavy (non-hydrogen) atoms. The highest BCUT2D eigenvalue weighted by Gasteiger charge is 2.41. The van der Waals surface area contributed by atoms with E-state index in [9.17, 15) is 19.5 Å². The van der Waals surface area contributed by atoms with Crippen molar-refractivity contribution < 1.29 is 19.5 Å². The number of aliphatic hydroxyl groups is 1. The molecule has 0 aliphatic carbocycles. The van der Waals surface area contributed by atoms with Crippen LogP contribution in [-0.2, 0) is 26.2 Å². The number of aromatic nitrogens is 1. The van der Waals surface area contributed by atoms with Crippen LogP contribution in [0.5, 0.6) is 0 Å². The monoisotopic (exact) mass is 568 g/mol. The van der Waals surface area contributed by atoms with Gasteiger partial charge >= 0.3 is 0 Å². The van der Waals surface area contributed by atoms with E-state index >= 15 is 0 Å². The first kappa shape index (κ1) is 30.7. The minimum absolute atomic E-state index is 0.113. The van der Waals surface area contributed by atoms with Crippen molar-refractivity contribution >= 4 is 23.4 Å². The van der Waals surface area contributed by atoms with E-state index in [-0.39, 0.29) is 23.8 Å². The van der Waals surface area contributed by atoms with Gasteiger partial charge in [0.05, 0.1) is 12.6 Å². The van der Waals surface area contributed by atoms with Gasteiger partial charge in [-0.05, 0) is 60.1 Å². The third-order valence-electron chi connectivity index (χ3n) is 7.64. The Balaban J connectivity index is 1.78. The van der Waals surface area contributed by atoms with Gasteiger partial charge in [-0.3, -0.25) is 24.3 Å². The first-order valence-corrected chi connectivity index (χ1v) is 14.4. The van der Waals surface area contributed by atoms with E-state index in [1.165, 1.54) is 15.9 Å². The molecule has 1 aliphatic rings. The lowest BCUT2D eigenvalue weighted by Crippen LogP contribution is -2.53. The van der Waals surface area contributed by atoms with Crippen LogP contribution in [0.2, 0.25) is 0 Å². The maximum atomic E-state index is 14.5. The summed E-state index contributed by atoms with van der Waals surface area (Å²) in [5.74, 6) is -1.14. The summed E-state index contributed by atoms with van der Waals surface area (Å²) in [4.78, 5) is 48.6. The van der Waals surface area contributed by atoms with E-state index in [0.717, 1.165) is 11.1 Å². The Morgan fingerprint density at radius 1 is 1.10 bits per heavy atom. The number of anilines is 1. The fraction of sp³-hybridized carbons (Fsp3) is 0.353. The summed E-state index contributed by atoms with van der Waals surface area (Å²) in [5, 5.41) is 13.2. The van der Waals surface area contributed by atoms with Gasteiger partial charge in [0.25, 0.3) is 5.91 Å². The molecule has 0 bridgehead atoms. The molecule has 3 amide bonds. The van der Waals surface area contributed by atoms with Gasteiger partial charge in [-0.15, -0.1) is 0 Å². The predicted octanol–water partition coefficient (Wildman–Crippen LogP) is 4.35. The molecule has 1 fully saturated rings. The highest BCUT2D eigenvalue weighted by Crippen LogP contribution is 2.33. The van der Waals surface area contributed by atoms with Crippen LogP contribution in [0.1, 0.15) is 56.3 Å². The molecule has 3 unspecified atom stereocenters. The first-order chi connectivity index (χ1) is 20.1. The normalized spacial score (nSPS) is 16.4. The van der Waals surface area contributed by atoms with Gasteiger partial charge in [0.15, 0.2) is 0 Å². The molecule has 2 heterocycles. The second-order valence-corrected chi connectivity index (χ2v) is 11.7. The lowest BCUT2D eigenvalue weighted by molar-refractivity contribution is -0.135. The minimum Gasteiger partial charge on any atom is -0.394 e. The van der Waals surface area contributed by atoms with Crippen LogP contribution in [0.3, 0.4) is 0 Å². The topological polar surface area (TPSA) is 103 Å². The number of pyridine rings is 1. The Hall–Kier alpha value is -4.30. The third-order valence-corrected chi connectivity index (χ3v) is 7.64. The highest BCUT2D eigenvalue weighted by molar-refractivity contribution is 6.05. The SMILES string of the molecule is C=CC(=O)N1CCCC1C(=O)N(c1ccc(C(C)(C)C)cc1)C(C(=O)NC(CO)Cc1ccccc1)c1cccnc1. The minimum atomic E-state index is -1.10. The predicted molar refractivity (Wildman–Crippen MR) is 164 cm³/mol. The number of carbonyl (C=O) groups excluding carboxylic acids is 3. The molecule has 220 valence electrons. The highest BCUT2D eigenvalue weighted by atomic mass is 16.3. The molecule has 0 saturated carbocycles. The van der Waals surface area contributed by atoms with Gasteiger partial charge in [0, 0.05) is 30.2 Å². The molecule has 2 N–H and O–H groups in total. The largest absolute Gasteiger partial charge is 0.394 e. The number of hydrogen-bond donors (Lipinski definition) is 2. The fourth-order valence-electron chi connectivity index (χ4n) is 5.39. The average molecular weight is 569 g/mol. The maximum Gasteiger partial charge on any atom is 0.250 e. The lowest BCUT2D eigenvalue weighted by Gasteiger charge is -2.36. The van der Waals surface area contributed by atoms with Crippen LogP contribution in [0.15, 0.2) is 91.8 Å². The number of hydrogen-bond acceptors (Lipinski definition) is 5. The average Bonchev–Trinajstić information content (AvgIpc) is 3.49. The molecular formula is C34H40N4O4. The molecule has 4 rings (SSSR count). The van der Waals surface area contributed by atoms with Gasteiger partial charge in [-0.25, -0.2) is 0 Å². The molecule has 3 atom stereocenters. The molecule has 1 aromatic heterocycles. The van der Waals surface area contributed by atoms with Crippen LogP contribution >= 0.6 is 0 Å². The third kappa shape index (κ3) is 7.12. The quantitative estimate of drug-likeness (QED) is 0.354. The number of aliphatic hydroxyl groups excluding tert-OH is 1. The van der Waals surface area contributed by atoms with E-state index in [0.29, 0.717) is 37.1 Å². The lowest BCUT2D eigenvalue weighted by atomic mass is 9.87. The maximum absolute atomic E-state index is 14.5. The molecule has 0 spiro atoms. The zero-order valence-corrected chi connectivity index (χ0v) is 24.6. The van der Waals surface area contributed by atoms with Crippen molar-refractivity contribution in [3.63, 3.8) is 0 Å². The zero-order chi connectivity index (χ0) is 30.3. The van der Waals surface area contributed by atoms with Crippen LogP contribution in [-0.4, -0.2) is 57.9 Å². The number of amides is 3. The van der Waals surface area contributed by atoms with Gasteiger partial charge in [0.1, 0.15) is 12.1 Å². The Kier molecular flexibility index (Phi) is 9.91. The fourth-order valence-corrected chi connectivity index (χ4v) is 5.39. The van der Waals surface area contributed by atoms with Gasteiger partial charge in [-0.1, -0.05) is 75.9 Å². The molecular weight excluding hydrogens is 528 g/mol. The number of nitrogens with one attached hydrogen (secondary N) is 1. The van der Waals surface area contributed by atoms with E-state index in [2.05, 4.69) is 37.7 Å². The summed E-state index contributed by atoms with van der Waals surface area (Å²) >= 11 is 0. The summed E-state index contributed by atoms with van der Waals surface area (Å²) in [6.45, 7) is 10.1. The first-order valence-electron chi connectivity index (χ1n) is 14.4. The Morgan fingerprint density at radius 2 is 1.81 bits per heavy atom. The Labute approximate surface area is 248 Å². The van der Waals surface area contributed by atoms with Crippen molar-refractivity contribution in [2.45, 2.75) is 63.6 Å². The van der Waals surface area contributed by atoms with Crippen molar-refractivity contribution in [2.75, 3.05) is 18.1 Å². The van der Waals surface area contributed by atoms with E-state index in [1.54, 1.807) is 24.5 Å². The summed E-state index contributed by atoms with van der Waals surface area (Å²) in [5.41, 5.74) is 2.97. The van der Waals surface area contributed by atoms with Crippen molar-refractivity contribution in [2.24, 2.45) is 0 Å². The van der Waals surface area contributed by atoms with Crippen molar-refractivity contribution in [1.29, 1.82) is 0 Å². The summed E-state index contributed by atoms with van der Waals surface area (Å²) in [7, 11) is 0. The van der Waals surface area contributed by atoms with Gasteiger partial charge < -0.3 is 15.3 Å². The summed E-state index contributed by atoms with van der Waals surface area (Å²) < 4.78 is 0. The number of carbonyl (C=O) groups is 3. The molecule has 3 aromatic rings. The van der Waals surface area contributed by atoms with Crippen LogP contribution in [0, 0.1) is 0 Å². The van der Waals surface area contributed by atoms with Crippen molar-refractivity contribution in [3.8, 4) is 0 Å². The van der Waals surface area contributed by atoms with Gasteiger partial charge in [-0.2, -0.15) is 0 Å². The Bertz CT molecular complexity index is 1370. The molecule has 8 nitrogen and oxygen atoms in total. The summed E-state index contributed by atoms with van der Waals surface area (Å²) in [6.07, 6.45) is 5.95. The molecule has 1 saturated heterocycles. The number of benzene rings is 2. The van der Waals surface area contributed by atoms with E-state index < -0.39 is 24.0 Å². The Morgan fingerprint density at radius 3 is 2.40 bits per heavy atom. The standard InChI is InChI=1S/C34H40N4O4/c1-5-30(40)37-20-10-14-29(37)33(42)38(28-17-15-26(16-18-28)34(2,3)4)31(25-13-9-19-35-22-25)32(41)36-27(23-39)21-24-11-7-6-8-12-24/h5-9,11-13,15-19,22,27,29,31,39H,1,10,14,20-21,23H2,2-4H3,(H,36,41). The van der Waals surface area contributed by atoms with Crippen molar-refractivity contribution in [1.82, 2.24) is 15.2 Å².